The van der Waals surface area contributed by atoms with Crippen LogP contribution in [0.5, 0.6) is 0 Å². The Bertz CT molecular complexity index is 1150. The molecular weight excluding hydrogens is 410 g/mol. The number of sulfonamides is 1. The first kappa shape index (κ1) is 19.8. The van der Waals surface area contributed by atoms with Gasteiger partial charge in [-0.2, -0.15) is 0 Å². The lowest BCUT2D eigenvalue weighted by Crippen LogP contribution is -2.35. The number of nitrogens with zero attached hydrogens (tertiary/aromatic N) is 2. The maximum absolute atomic E-state index is 12.2. The molecule has 2 aliphatic rings. The summed E-state index contributed by atoms with van der Waals surface area (Å²) in [6.07, 6.45) is 0.348. The predicted octanol–water partition coefficient (Wildman–Crippen LogP) is 0.955. The molecule has 2 heterocycles. The van der Waals surface area contributed by atoms with Crippen molar-refractivity contribution in [3.63, 3.8) is 0 Å². The topological polar surface area (TPSA) is 122 Å². The molecule has 0 unspecified atom stereocenters. The van der Waals surface area contributed by atoms with Crippen LogP contribution in [0.3, 0.4) is 0 Å². The molecule has 1 N–H and O–H groups in total. The van der Waals surface area contributed by atoms with Crippen LogP contribution >= 0.6 is 0 Å². The number of nitrogens with one attached hydrogen (secondary N) is 1. The molecule has 30 heavy (non-hydrogen) atoms. The Balaban J connectivity index is 1.27. The molecule has 2 aromatic rings. The number of fused-ring (bicyclic) bond motifs is 2. The summed E-state index contributed by atoms with van der Waals surface area (Å²) in [6.45, 7) is -0.215. The molecule has 10 heteroatoms. The summed E-state index contributed by atoms with van der Waals surface area (Å²) in [5.74, 6) is -1.50. The van der Waals surface area contributed by atoms with E-state index in [0.717, 1.165) is 4.90 Å². The molecule has 2 aliphatic heterocycles. The highest BCUT2D eigenvalue weighted by atomic mass is 32.2. The van der Waals surface area contributed by atoms with Gasteiger partial charge in [-0.3, -0.25) is 29.0 Å². The van der Waals surface area contributed by atoms with Crippen LogP contribution < -0.4 is 4.72 Å². The van der Waals surface area contributed by atoms with Crippen molar-refractivity contribution < 1.29 is 27.5 Å². The second kappa shape index (κ2) is 7.71. The number of rotatable bonds is 6. The minimum absolute atomic E-state index is 0.0210. The number of carbonyl (C=O) groups is 3. The van der Waals surface area contributed by atoms with Gasteiger partial charge in [0.2, 0.25) is 0 Å². The summed E-state index contributed by atoms with van der Waals surface area (Å²) < 4.78 is 31.5. The maximum atomic E-state index is 12.2. The van der Waals surface area contributed by atoms with E-state index < -0.39 is 34.4 Å². The van der Waals surface area contributed by atoms with Crippen LogP contribution in [0.2, 0.25) is 0 Å². The number of benzene rings is 2. The Hall–Kier alpha value is -3.53. The summed E-state index contributed by atoms with van der Waals surface area (Å²) in [7, 11) is -3.59. The number of aliphatic imine (C=N–C) groups is 1. The highest BCUT2D eigenvalue weighted by Crippen LogP contribution is 2.23. The fourth-order valence-corrected chi connectivity index (χ4v) is 4.50. The zero-order valence-electron chi connectivity index (χ0n) is 15.7. The Morgan fingerprint density at radius 1 is 0.967 bits per heavy atom. The van der Waals surface area contributed by atoms with Gasteiger partial charge in [-0.1, -0.05) is 24.3 Å². The van der Waals surface area contributed by atoms with Crippen molar-refractivity contribution in [2.75, 3.05) is 19.7 Å². The number of amides is 2. The van der Waals surface area contributed by atoms with Crippen LogP contribution in [0.4, 0.5) is 0 Å². The third-order valence-corrected chi connectivity index (χ3v) is 6.06. The number of ether oxygens (including phenoxy) is 1. The molecule has 0 saturated heterocycles. The largest absolute Gasteiger partial charge is 0.464 e. The first-order chi connectivity index (χ1) is 14.4. The molecule has 0 radical (unpaired) electrons. The van der Waals surface area contributed by atoms with Crippen LogP contribution in [0.15, 0.2) is 58.4 Å². The zero-order chi connectivity index (χ0) is 21.3. The molecule has 0 bridgehead atoms. The number of carbonyl (C=O) groups excluding carboxylic acids is 3. The van der Waals surface area contributed by atoms with E-state index in [1.807, 2.05) is 0 Å². The smallest absolute Gasteiger partial charge is 0.326 e. The summed E-state index contributed by atoms with van der Waals surface area (Å²) in [4.78, 5) is 41.8. The Morgan fingerprint density at radius 2 is 1.57 bits per heavy atom. The molecule has 4 rings (SSSR count). The second-order valence-corrected chi connectivity index (χ2v) is 8.30. The fourth-order valence-electron chi connectivity index (χ4n) is 3.25. The summed E-state index contributed by atoms with van der Waals surface area (Å²) in [5.41, 5.74) is 1.04. The molecular formula is C20H17N3O6S. The Kier molecular flexibility index (Phi) is 5.08. The summed E-state index contributed by atoms with van der Waals surface area (Å²) in [5, 5.41) is 0. The van der Waals surface area contributed by atoms with E-state index in [-0.39, 0.29) is 35.0 Å². The van der Waals surface area contributed by atoms with Gasteiger partial charge in [0.05, 0.1) is 22.6 Å². The van der Waals surface area contributed by atoms with Gasteiger partial charge >= 0.3 is 5.97 Å². The minimum Gasteiger partial charge on any atom is -0.464 e. The molecule has 9 nitrogen and oxygen atoms in total. The maximum Gasteiger partial charge on any atom is 0.326 e. The normalized spacial score (nSPS) is 17.6. The number of imide groups is 1. The van der Waals surface area contributed by atoms with Gasteiger partial charge in [0.1, 0.15) is 12.4 Å². The number of hydrogen-bond acceptors (Lipinski definition) is 7. The van der Waals surface area contributed by atoms with E-state index in [0.29, 0.717) is 12.0 Å². The fraction of sp³-hybridized carbons (Fsp3) is 0.200. The van der Waals surface area contributed by atoms with Gasteiger partial charge in [0.25, 0.3) is 21.8 Å². The quantitative estimate of drug-likeness (QED) is 0.416. The van der Waals surface area contributed by atoms with Crippen LogP contribution in [-0.4, -0.2) is 56.6 Å². The SMILES string of the molecule is O=C(CN1C(=O)c2ccccc2C1=O)OCCCN=C1NS(=O)(=O)c2ccccc21. The Morgan fingerprint density at radius 3 is 2.23 bits per heavy atom. The number of hydrogen-bond donors (Lipinski definition) is 1. The number of amidine groups is 1. The minimum atomic E-state index is -3.59. The Labute approximate surface area is 172 Å². The van der Waals surface area contributed by atoms with E-state index in [2.05, 4.69) is 9.71 Å². The molecule has 0 saturated carbocycles. The summed E-state index contributed by atoms with van der Waals surface area (Å²) in [6, 6.07) is 12.9. The van der Waals surface area contributed by atoms with E-state index >= 15 is 0 Å². The van der Waals surface area contributed by atoms with Crippen molar-refractivity contribution in [1.82, 2.24) is 9.62 Å². The third-order valence-electron chi connectivity index (χ3n) is 4.66. The second-order valence-electron chi connectivity index (χ2n) is 6.65. The van der Waals surface area contributed by atoms with Crippen molar-refractivity contribution in [2.24, 2.45) is 4.99 Å². The van der Waals surface area contributed by atoms with Crippen molar-refractivity contribution in [3.8, 4) is 0 Å². The highest BCUT2D eigenvalue weighted by molar-refractivity contribution is 7.90. The molecule has 0 aliphatic carbocycles. The first-order valence-electron chi connectivity index (χ1n) is 9.16. The lowest BCUT2D eigenvalue weighted by Gasteiger charge is -2.12. The van der Waals surface area contributed by atoms with E-state index in [1.54, 1.807) is 30.3 Å². The molecule has 0 fully saturated rings. The van der Waals surface area contributed by atoms with E-state index in [4.69, 9.17) is 4.74 Å². The molecule has 0 atom stereocenters. The van der Waals surface area contributed by atoms with Crippen molar-refractivity contribution >= 4 is 33.6 Å². The molecule has 2 amide bonds. The molecule has 0 spiro atoms. The van der Waals surface area contributed by atoms with E-state index in [1.165, 1.54) is 18.2 Å². The van der Waals surface area contributed by atoms with Crippen molar-refractivity contribution in [3.05, 3.63) is 65.2 Å². The van der Waals surface area contributed by atoms with Gasteiger partial charge in [0.15, 0.2) is 0 Å². The zero-order valence-corrected chi connectivity index (χ0v) is 16.5. The molecule has 154 valence electrons. The van der Waals surface area contributed by atoms with Crippen LogP contribution in [0.25, 0.3) is 0 Å². The predicted molar refractivity (Wildman–Crippen MR) is 106 cm³/mol. The van der Waals surface area contributed by atoms with Gasteiger partial charge in [0, 0.05) is 18.5 Å². The van der Waals surface area contributed by atoms with Crippen LogP contribution in [0, 0.1) is 0 Å². The average molecular weight is 427 g/mol. The molecule has 2 aromatic carbocycles. The summed E-state index contributed by atoms with van der Waals surface area (Å²) >= 11 is 0. The lowest BCUT2D eigenvalue weighted by atomic mass is 10.1. The molecule has 0 aromatic heterocycles. The van der Waals surface area contributed by atoms with E-state index in [9.17, 15) is 22.8 Å². The highest BCUT2D eigenvalue weighted by Gasteiger charge is 2.36. The van der Waals surface area contributed by atoms with Crippen molar-refractivity contribution in [1.29, 1.82) is 0 Å². The van der Waals surface area contributed by atoms with Gasteiger partial charge in [-0.05, 0) is 24.3 Å². The lowest BCUT2D eigenvalue weighted by molar-refractivity contribution is -0.143. The monoisotopic (exact) mass is 427 g/mol. The van der Waals surface area contributed by atoms with Crippen LogP contribution in [0.1, 0.15) is 32.7 Å². The standard InChI is InChI=1S/C20H17N3O6S/c24-17(12-23-19(25)13-6-1-2-7-14(13)20(23)26)29-11-5-10-21-18-15-8-3-4-9-16(15)30(27,28)22-18/h1-4,6-9H,5,10-12H2,(H,21,22). The third kappa shape index (κ3) is 3.57. The van der Waals surface area contributed by atoms with Crippen LogP contribution in [-0.2, 0) is 19.6 Å². The first-order valence-corrected chi connectivity index (χ1v) is 10.6. The van der Waals surface area contributed by atoms with Crippen molar-refractivity contribution in [2.45, 2.75) is 11.3 Å². The van der Waals surface area contributed by atoms with Gasteiger partial charge in [-0.25, -0.2) is 8.42 Å². The number of esters is 1. The van der Waals surface area contributed by atoms with Gasteiger partial charge < -0.3 is 4.74 Å². The van der Waals surface area contributed by atoms with Gasteiger partial charge in [-0.15, -0.1) is 0 Å². The average Bonchev–Trinajstić information content (AvgIpc) is 3.14.